The number of hydrogen-bond acceptors (Lipinski definition) is 2. The van der Waals surface area contributed by atoms with Gasteiger partial charge in [0.15, 0.2) is 6.20 Å². The standard InChI is InChI=1S/C23H20NO2/c1-24-14-6-5-7-19(24)15-18-16-23(17-10-12-20(25-2)13-11-17)26-22-9-4-3-8-21(18)22/h3-16H,1-2H3/q+1/b18-15+. The molecule has 3 nitrogen and oxygen atoms in total. The second-order valence-corrected chi connectivity index (χ2v) is 6.17. The molecule has 1 aliphatic heterocycles. The van der Waals surface area contributed by atoms with Crippen molar-refractivity contribution < 1.29 is 14.0 Å². The fourth-order valence-corrected chi connectivity index (χ4v) is 3.02. The van der Waals surface area contributed by atoms with Crippen LogP contribution in [0.25, 0.3) is 17.4 Å². The van der Waals surface area contributed by atoms with Crippen molar-refractivity contribution in [1.82, 2.24) is 0 Å². The molecule has 0 atom stereocenters. The van der Waals surface area contributed by atoms with Gasteiger partial charge >= 0.3 is 0 Å². The highest BCUT2D eigenvalue weighted by Gasteiger charge is 2.18. The van der Waals surface area contributed by atoms with Crippen molar-refractivity contribution in [2.75, 3.05) is 7.11 Å². The number of aromatic nitrogens is 1. The predicted octanol–water partition coefficient (Wildman–Crippen LogP) is 4.49. The highest BCUT2D eigenvalue weighted by Crippen LogP contribution is 2.37. The average molecular weight is 342 g/mol. The van der Waals surface area contributed by atoms with Crippen molar-refractivity contribution in [3.8, 4) is 11.5 Å². The SMILES string of the molecule is COc1ccc(C2=C/C(=C\c3cccc[n+]3C)c3ccccc3O2)cc1. The number of para-hydroxylation sites is 1. The highest BCUT2D eigenvalue weighted by atomic mass is 16.5. The Labute approximate surface area is 153 Å². The number of nitrogens with zero attached hydrogens (tertiary/aromatic N) is 1. The van der Waals surface area contributed by atoms with Gasteiger partial charge in [0.1, 0.15) is 24.3 Å². The molecule has 0 spiro atoms. The molecule has 128 valence electrons. The van der Waals surface area contributed by atoms with Crippen molar-refractivity contribution in [3.05, 3.63) is 95.8 Å². The summed E-state index contributed by atoms with van der Waals surface area (Å²) in [5.74, 6) is 2.53. The number of hydrogen-bond donors (Lipinski definition) is 0. The van der Waals surface area contributed by atoms with Gasteiger partial charge in [-0.25, -0.2) is 4.57 Å². The quantitative estimate of drug-likeness (QED) is 0.654. The lowest BCUT2D eigenvalue weighted by atomic mass is 9.98. The molecule has 0 amide bonds. The van der Waals surface area contributed by atoms with Gasteiger partial charge in [-0.15, -0.1) is 0 Å². The molecular weight excluding hydrogens is 322 g/mol. The molecule has 0 N–H and O–H groups in total. The van der Waals surface area contributed by atoms with E-state index in [0.717, 1.165) is 39.7 Å². The summed E-state index contributed by atoms with van der Waals surface area (Å²) in [6, 6.07) is 22.2. The molecule has 0 fully saturated rings. The van der Waals surface area contributed by atoms with E-state index in [2.05, 4.69) is 28.9 Å². The van der Waals surface area contributed by atoms with Gasteiger partial charge in [-0.05, 0) is 48.0 Å². The van der Waals surface area contributed by atoms with Crippen molar-refractivity contribution in [2.45, 2.75) is 0 Å². The summed E-state index contributed by atoms with van der Waals surface area (Å²) in [7, 11) is 3.72. The Morgan fingerprint density at radius 3 is 2.46 bits per heavy atom. The summed E-state index contributed by atoms with van der Waals surface area (Å²) in [6.07, 6.45) is 6.33. The summed E-state index contributed by atoms with van der Waals surface area (Å²) < 4.78 is 13.5. The van der Waals surface area contributed by atoms with Crippen LogP contribution in [0.15, 0.2) is 79.0 Å². The number of fused-ring (bicyclic) bond motifs is 1. The van der Waals surface area contributed by atoms with E-state index in [1.54, 1.807) is 7.11 Å². The maximum atomic E-state index is 6.16. The molecular formula is C23H20NO2+. The van der Waals surface area contributed by atoms with Crippen LogP contribution in [-0.4, -0.2) is 7.11 Å². The van der Waals surface area contributed by atoms with E-state index < -0.39 is 0 Å². The lowest BCUT2D eigenvalue weighted by molar-refractivity contribution is -0.673. The topological polar surface area (TPSA) is 22.3 Å². The van der Waals surface area contributed by atoms with Crippen LogP contribution in [0.5, 0.6) is 11.5 Å². The van der Waals surface area contributed by atoms with E-state index in [1.807, 2.05) is 67.8 Å². The minimum atomic E-state index is 0.830. The van der Waals surface area contributed by atoms with Gasteiger partial charge in [0.2, 0.25) is 5.69 Å². The van der Waals surface area contributed by atoms with Crippen molar-refractivity contribution >= 4 is 17.4 Å². The Balaban J connectivity index is 1.82. The van der Waals surface area contributed by atoms with Crippen LogP contribution in [0.1, 0.15) is 16.8 Å². The summed E-state index contributed by atoms with van der Waals surface area (Å²) in [5, 5.41) is 0. The number of aryl methyl sites for hydroxylation is 1. The summed E-state index contributed by atoms with van der Waals surface area (Å²) in [4.78, 5) is 0. The Morgan fingerprint density at radius 1 is 0.923 bits per heavy atom. The van der Waals surface area contributed by atoms with E-state index in [-0.39, 0.29) is 0 Å². The summed E-state index contributed by atoms with van der Waals surface area (Å²) >= 11 is 0. The molecule has 4 rings (SSSR count). The third kappa shape index (κ3) is 3.11. The third-order valence-electron chi connectivity index (χ3n) is 4.48. The zero-order valence-corrected chi connectivity index (χ0v) is 14.8. The minimum absolute atomic E-state index is 0.830. The molecule has 0 saturated carbocycles. The predicted molar refractivity (Wildman–Crippen MR) is 104 cm³/mol. The molecule has 3 heteroatoms. The Kier molecular flexibility index (Phi) is 4.28. The smallest absolute Gasteiger partial charge is 0.205 e. The molecule has 0 radical (unpaired) electrons. The second-order valence-electron chi connectivity index (χ2n) is 6.17. The molecule has 2 aromatic carbocycles. The van der Waals surface area contributed by atoms with Gasteiger partial charge in [-0.2, -0.15) is 0 Å². The minimum Gasteiger partial charge on any atom is -0.497 e. The van der Waals surface area contributed by atoms with Crippen molar-refractivity contribution in [1.29, 1.82) is 0 Å². The van der Waals surface area contributed by atoms with Crippen LogP contribution in [0, 0.1) is 0 Å². The van der Waals surface area contributed by atoms with Crippen LogP contribution >= 0.6 is 0 Å². The Hall–Kier alpha value is -3.33. The molecule has 1 aliphatic rings. The first-order valence-electron chi connectivity index (χ1n) is 8.54. The van der Waals surface area contributed by atoms with Crippen LogP contribution in [0.4, 0.5) is 0 Å². The number of pyridine rings is 1. The zero-order valence-electron chi connectivity index (χ0n) is 14.8. The highest BCUT2D eigenvalue weighted by molar-refractivity contribution is 5.95. The number of ether oxygens (including phenoxy) is 2. The lowest BCUT2D eigenvalue weighted by Gasteiger charge is -2.20. The number of allylic oxidation sites excluding steroid dienone is 2. The van der Waals surface area contributed by atoms with Gasteiger partial charge in [0.05, 0.1) is 7.11 Å². The third-order valence-corrected chi connectivity index (χ3v) is 4.48. The number of methoxy groups -OCH3 is 1. The Bertz CT molecular complexity index is 1000. The van der Waals surface area contributed by atoms with E-state index in [0.29, 0.717) is 0 Å². The molecule has 26 heavy (non-hydrogen) atoms. The molecule has 3 aromatic rings. The number of rotatable bonds is 3. The fraction of sp³-hybridized carbons (Fsp3) is 0.0870. The molecule has 0 unspecified atom stereocenters. The monoisotopic (exact) mass is 342 g/mol. The number of benzene rings is 2. The first-order valence-corrected chi connectivity index (χ1v) is 8.54. The van der Waals surface area contributed by atoms with Crippen LogP contribution in [0.3, 0.4) is 0 Å². The Morgan fingerprint density at radius 2 is 1.69 bits per heavy atom. The van der Waals surface area contributed by atoms with Crippen molar-refractivity contribution in [2.24, 2.45) is 7.05 Å². The summed E-state index contributed by atoms with van der Waals surface area (Å²) in [5.41, 5.74) is 4.36. The normalized spacial score (nSPS) is 14.4. The van der Waals surface area contributed by atoms with Gasteiger partial charge in [0.25, 0.3) is 0 Å². The maximum absolute atomic E-state index is 6.16. The maximum Gasteiger partial charge on any atom is 0.205 e. The largest absolute Gasteiger partial charge is 0.497 e. The molecule has 0 saturated heterocycles. The van der Waals surface area contributed by atoms with Crippen molar-refractivity contribution in [3.63, 3.8) is 0 Å². The van der Waals surface area contributed by atoms with Crippen LogP contribution in [0.2, 0.25) is 0 Å². The van der Waals surface area contributed by atoms with E-state index >= 15 is 0 Å². The molecule has 2 heterocycles. The van der Waals surface area contributed by atoms with Gasteiger partial charge in [-0.1, -0.05) is 18.2 Å². The molecule has 0 aliphatic carbocycles. The van der Waals surface area contributed by atoms with E-state index in [4.69, 9.17) is 9.47 Å². The zero-order chi connectivity index (χ0) is 17.9. The fourth-order valence-electron chi connectivity index (χ4n) is 3.02. The van der Waals surface area contributed by atoms with Gasteiger partial charge < -0.3 is 9.47 Å². The molecule has 1 aromatic heterocycles. The first-order chi connectivity index (χ1) is 12.7. The van der Waals surface area contributed by atoms with Crippen LogP contribution < -0.4 is 14.0 Å². The van der Waals surface area contributed by atoms with Gasteiger partial charge in [-0.3, -0.25) is 0 Å². The average Bonchev–Trinajstić information content (AvgIpc) is 2.69. The lowest BCUT2D eigenvalue weighted by Crippen LogP contribution is -2.30. The van der Waals surface area contributed by atoms with Crippen LogP contribution in [-0.2, 0) is 7.05 Å². The second kappa shape index (κ2) is 6.89. The molecule has 0 bridgehead atoms. The van der Waals surface area contributed by atoms with E-state index in [9.17, 15) is 0 Å². The van der Waals surface area contributed by atoms with Gasteiger partial charge in [0, 0.05) is 29.3 Å². The van der Waals surface area contributed by atoms with E-state index in [1.165, 1.54) is 0 Å². The first kappa shape index (κ1) is 16.2. The summed E-state index contributed by atoms with van der Waals surface area (Å²) in [6.45, 7) is 0.